The minimum atomic E-state index is -0.885. The Balaban J connectivity index is 2.62. The van der Waals surface area contributed by atoms with Gasteiger partial charge in [0.05, 0.1) is 6.10 Å². The monoisotopic (exact) mass is 219 g/mol. The third-order valence-corrected chi connectivity index (χ3v) is 2.68. The topological polar surface area (TPSA) is 60.8 Å². The maximum absolute atomic E-state index is 10.8. The summed E-state index contributed by atoms with van der Waals surface area (Å²) < 4.78 is 0. The molecule has 0 aromatic rings. The molecule has 2 N–H and O–H groups in total. The van der Waals surface area contributed by atoms with Crippen LogP contribution in [0, 0.1) is 0 Å². The van der Waals surface area contributed by atoms with Crippen LogP contribution in [-0.2, 0) is 4.79 Å². The summed E-state index contributed by atoms with van der Waals surface area (Å²) in [5.74, 6) is -0.885. The maximum Gasteiger partial charge on any atom is 0.321 e. The number of carbonyl (C=O) groups is 1. The Morgan fingerprint density at radius 2 is 2.36 bits per heavy atom. The van der Waals surface area contributed by atoms with E-state index in [2.05, 4.69) is 0 Å². The van der Waals surface area contributed by atoms with Gasteiger partial charge in [-0.1, -0.05) is 11.6 Å². The van der Waals surface area contributed by atoms with E-state index >= 15 is 0 Å². The predicted octanol–water partition coefficient (Wildman–Crippen LogP) is 0.649. The third-order valence-electron chi connectivity index (χ3n) is 2.31. The first-order valence-electron chi connectivity index (χ1n) is 4.45. The normalized spacial score (nSPS) is 29.5. The molecule has 1 aliphatic heterocycles. The summed E-state index contributed by atoms with van der Waals surface area (Å²) in [6, 6.07) is -0.587. The van der Waals surface area contributed by atoms with Crippen LogP contribution in [-0.4, -0.2) is 46.3 Å². The van der Waals surface area contributed by atoms with Gasteiger partial charge < -0.3 is 10.2 Å². The highest BCUT2D eigenvalue weighted by Crippen LogP contribution is 2.19. The Hall–Kier alpha value is -0.580. The molecule has 1 heterocycles. The first-order chi connectivity index (χ1) is 6.54. The molecule has 0 amide bonds. The zero-order valence-corrected chi connectivity index (χ0v) is 8.74. The molecule has 2 atom stereocenters. The van der Waals surface area contributed by atoms with Gasteiger partial charge in [-0.25, -0.2) is 0 Å². The molecule has 0 aromatic heterocycles. The summed E-state index contributed by atoms with van der Waals surface area (Å²) in [4.78, 5) is 12.5. The van der Waals surface area contributed by atoms with Gasteiger partial charge in [-0.05, 0) is 12.5 Å². The molecule has 0 aromatic carbocycles. The van der Waals surface area contributed by atoms with Crippen molar-refractivity contribution in [1.29, 1.82) is 0 Å². The summed E-state index contributed by atoms with van der Waals surface area (Å²) in [5, 5.41) is 18.2. The Morgan fingerprint density at radius 3 is 2.86 bits per heavy atom. The van der Waals surface area contributed by atoms with Crippen molar-refractivity contribution in [2.75, 3.05) is 13.1 Å². The smallest absolute Gasteiger partial charge is 0.321 e. The van der Waals surface area contributed by atoms with E-state index in [1.165, 1.54) is 5.54 Å². The molecule has 80 valence electrons. The summed E-state index contributed by atoms with van der Waals surface area (Å²) in [7, 11) is 0. The van der Waals surface area contributed by atoms with Crippen LogP contribution < -0.4 is 0 Å². The van der Waals surface area contributed by atoms with E-state index in [1.807, 2.05) is 6.92 Å². The number of aliphatic hydroxyl groups excluding tert-OH is 1. The fraction of sp³-hybridized carbons (Fsp3) is 0.667. The quantitative estimate of drug-likeness (QED) is 0.732. The lowest BCUT2D eigenvalue weighted by atomic mass is 10.2. The van der Waals surface area contributed by atoms with Crippen LogP contribution in [0.4, 0.5) is 0 Å². The van der Waals surface area contributed by atoms with Crippen LogP contribution in [0.5, 0.6) is 0 Å². The maximum atomic E-state index is 10.8. The van der Waals surface area contributed by atoms with Crippen LogP contribution in [0.25, 0.3) is 0 Å². The molecule has 4 nitrogen and oxygen atoms in total. The van der Waals surface area contributed by atoms with E-state index < -0.39 is 18.1 Å². The number of hydrogen-bond acceptors (Lipinski definition) is 3. The molecule has 2 unspecified atom stereocenters. The van der Waals surface area contributed by atoms with Gasteiger partial charge >= 0.3 is 5.97 Å². The highest BCUT2D eigenvalue weighted by atomic mass is 35.5. The molecule has 1 fully saturated rings. The number of nitrogens with zero attached hydrogens (tertiary/aromatic N) is 1. The zero-order valence-electron chi connectivity index (χ0n) is 7.98. The SMILES string of the molecule is CC(=CCl)CN1CC(O)CC1C(=O)O. The Kier molecular flexibility index (Phi) is 3.92. The average Bonchev–Trinajstić information content (AvgIpc) is 2.46. The number of halogens is 1. The van der Waals surface area contributed by atoms with Crippen LogP contribution >= 0.6 is 11.6 Å². The fourth-order valence-electron chi connectivity index (χ4n) is 1.67. The molecule has 0 radical (unpaired) electrons. The largest absolute Gasteiger partial charge is 0.480 e. The fourth-order valence-corrected chi connectivity index (χ4v) is 1.73. The number of aliphatic hydroxyl groups is 1. The number of hydrogen-bond donors (Lipinski definition) is 2. The highest BCUT2D eigenvalue weighted by molar-refractivity contribution is 6.25. The van der Waals surface area contributed by atoms with Gasteiger partial charge in [0.1, 0.15) is 6.04 Å². The van der Waals surface area contributed by atoms with E-state index in [1.54, 1.807) is 4.90 Å². The van der Waals surface area contributed by atoms with Crippen molar-refractivity contribution in [3.8, 4) is 0 Å². The molecule has 0 bridgehead atoms. The second kappa shape index (κ2) is 4.77. The molecular formula is C9H14ClNO3. The van der Waals surface area contributed by atoms with E-state index in [0.29, 0.717) is 19.5 Å². The molecule has 0 spiro atoms. The summed E-state index contributed by atoms with van der Waals surface area (Å²) in [5.41, 5.74) is 2.33. The first-order valence-corrected chi connectivity index (χ1v) is 4.89. The first kappa shape index (κ1) is 11.5. The number of carboxylic acids is 1. The lowest BCUT2D eigenvalue weighted by Crippen LogP contribution is -2.36. The standard InChI is InChI=1S/C9H14ClNO3/c1-6(3-10)4-11-5-7(12)2-8(11)9(13)14/h3,7-8,12H,2,4-5H2,1H3,(H,13,14). The van der Waals surface area contributed by atoms with Crippen molar-refractivity contribution in [3.05, 3.63) is 11.1 Å². The lowest BCUT2D eigenvalue weighted by molar-refractivity contribution is -0.142. The van der Waals surface area contributed by atoms with Crippen molar-refractivity contribution >= 4 is 17.6 Å². The molecule has 1 aliphatic rings. The van der Waals surface area contributed by atoms with Gasteiger partial charge in [-0.2, -0.15) is 0 Å². The van der Waals surface area contributed by atoms with Crippen LogP contribution in [0.15, 0.2) is 11.1 Å². The van der Waals surface area contributed by atoms with Crippen LogP contribution in [0.2, 0.25) is 0 Å². The second-order valence-corrected chi connectivity index (χ2v) is 3.85. The summed E-state index contributed by atoms with van der Waals surface area (Å²) in [6.07, 6.45) is -0.246. The highest BCUT2D eigenvalue weighted by Gasteiger charge is 2.35. The summed E-state index contributed by atoms with van der Waals surface area (Å²) >= 11 is 5.50. The zero-order chi connectivity index (χ0) is 10.7. The van der Waals surface area contributed by atoms with Gasteiger partial charge in [-0.3, -0.25) is 9.69 Å². The van der Waals surface area contributed by atoms with Gasteiger partial charge in [0, 0.05) is 25.0 Å². The number of likely N-dealkylation sites (tertiary alicyclic amines) is 1. The van der Waals surface area contributed by atoms with Crippen molar-refractivity contribution in [1.82, 2.24) is 4.90 Å². The third kappa shape index (κ3) is 2.70. The van der Waals surface area contributed by atoms with E-state index in [-0.39, 0.29) is 0 Å². The molecular weight excluding hydrogens is 206 g/mol. The van der Waals surface area contributed by atoms with Gasteiger partial charge in [0.25, 0.3) is 0 Å². The van der Waals surface area contributed by atoms with Crippen LogP contribution in [0.1, 0.15) is 13.3 Å². The minimum Gasteiger partial charge on any atom is -0.480 e. The van der Waals surface area contributed by atoms with Crippen LogP contribution in [0.3, 0.4) is 0 Å². The molecule has 1 rings (SSSR count). The Morgan fingerprint density at radius 1 is 1.71 bits per heavy atom. The van der Waals surface area contributed by atoms with Gasteiger partial charge in [-0.15, -0.1) is 0 Å². The van der Waals surface area contributed by atoms with E-state index in [0.717, 1.165) is 5.57 Å². The summed E-state index contributed by atoms with van der Waals surface area (Å²) in [6.45, 7) is 2.73. The molecule has 0 saturated carbocycles. The Labute approximate surface area is 87.8 Å². The minimum absolute atomic E-state index is 0.297. The van der Waals surface area contributed by atoms with Crippen molar-refractivity contribution in [2.45, 2.75) is 25.5 Å². The second-order valence-electron chi connectivity index (χ2n) is 3.63. The number of rotatable bonds is 3. The molecule has 1 saturated heterocycles. The van der Waals surface area contributed by atoms with E-state index in [4.69, 9.17) is 16.7 Å². The lowest BCUT2D eigenvalue weighted by Gasteiger charge is -2.20. The number of β-amino-alcohol motifs (C(OH)–C–C–N with tert-alkyl or cyclic N) is 1. The molecule has 0 aliphatic carbocycles. The van der Waals surface area contributed by atoms with Gasteiger partial charge in [0.2, 0.25) is 0 Å². The van der Waals surface area contributed by atoms with Crippen molar-refractivity contribution in [2.24, 2.45) is 0 Å². The predicted molar refractivity (Wildman–Crippen MR) is 53.2 cm³/mol. The molecule has 5 heteroatoms. The Bertz CT molecular complexity index is 254. The van der Waals surface area contributed by atoms with Crippen molar-refractivity contribution in [3.63, 3.8) is 0 Å². The van der Waals surface area contributed by atoms with Gasteiger partial charge in [0.15, 0.2) is 0 Å². The number of aliphatic carboxylic acids is 1. The molecule has 14 heavy (non-hydrogen) atoms. The number of carboxylic acid groups (broad SMARTS) is 1. The average molecular weight is 220 g/mol. The van der Waals surface area contributed by atoms with E-state index in [9.17, 15) is 9.90 Å². The van der Waals surface area contributed by atoms with Crippen molar-refractivity contribution < 1.29 is 15.0 Å².